The molecule has 0 N–H and O–H groups in total. The second-order valence-corrected chi connectivity index (χ2v) is 23.3. The Hall–Kier alpha value is -10.5. The number of aryl methyl sites for hydroxylation is 2. The predicted molar refractivity (Wildman–Crippen MR) is 356 cm³/mol. The Kier molecular flexibility index (Phi) is 11.4. The van der Waals surface area contributed by atoms with Gasteiger partial charge >= 0.3 is 0 Å². The number of nitrogens with zero attached hydrogens (tertiary/aromatic N) is 2. The van der Waals surface area contributed by atoms with E-state index in [1.807, 2.05) is 6.07 Å². The second-order valence-electron chi connectivity index (χ2n) is 23.3. The Morgan fingerprint density at radius 1 is 0.286 bits per heavy atom. The molecule has 84 heavy (non-hydrogen) atoms. The minimum atomic E-state index is -0.285. The summed E-state index contributed by atoms with van der Waals surface area (Å²) >= 11 is 0. The van der Waals surface area contributed by atoms with Crippen molar-refractivity contribution in [1.29, 1.82) is 0 Å². The molecule has 1 aromatic heterocycles. The summed E-state index contributed by atoms with van der Waals surface area (Å²) in [5.74, 6) is 0. The van der Waals surface area contributed by atoms with E-state index in [2.05, 4.69) is 310 Å². The molecule has 16 rings (SSSR count). The van der Waals surface area contributed by atoms with Gasteiger partial charge in [-0.1, -0.05) is 208 Å². The molecule has 15 aromatic rings. The minimum absolute atomic E-state index is 0.285. The maximum Gasteiger partial charge on any atom is 0.143 e. The van der Waals surface area contributed by atoms with Crippen LogP contribution in [0.25, 0.3) is 110 Å². The molecule has 0 fully saturated rings. The smallest absolute Gasteiger partial charge is 0.143 e. The van der Waals surface area contributed by atoms with Crippen LogP contribution in [0.2, 0.25) is 0 Å². The summed E-state index contributed by atoms with van der Waals surface area (Å²) < 4.78 is 6.57. The summed E-state index contributed by atoms with van der Waals surface area (Å²) in [7, 11) is 0. The fourth-order valence-electron chi connectivity index (χ4n) is 13.9. The molecule has 1 heterocycles. The zero-order valence-electron chi connectivity index (χ0n) is 47.4. The van der Waals surface area contributed by atoms with E-state index in [0.29, 0.717) is 0 Å². The first-order valence-corrected chi connectivity index (χ1v) is 29.2. The normalized spacial score (nSPS) is 12.6. The molecule has 1 aliphatic carbocycles. The van der Waals surface area contributed by atoms with Crippen LogP contribution < -0.4 is 9.80 Å². The number of fused-ring (bicyclic) bond motifs is 13. The molecule has 0 atom stereocenters. The summed E-state index contributed by atoms with van der Waals surface area (Å²) in [6.07, 6.45) is 0. The summed E-state index contributed by atoms with van der Waals surface area (Å²) in [5, 5.41) is 12.4. The summed E-state index contributed by atoms with van der Waals surface area (Å²) in [4.78, 5) is 4.84. The first kappa shape index (κ1) is 49.3. The number of hydrogen-bond acceptors (Lipinski definition) is 3. The van der Waals surface area contributed by atoms with Crippen LogP contribution in [0.1, 0.15) is 36.1 Å². The quantitative estimate of drug-likeness (QED) is 0.134. The van der Waals surface area contributed by atoms with Crippen LogP contribution >= 0.6 is 0 Å². The molecule has 3 heteroatoms. The van der Waals surface area contributed by atoms with Gasteiger partial charge in [-0.15, -0.1) is 0 Å². The average Bonchev–Trinajstić information content (AvgIpc) is 2.66. The molecular formula is C81H58N2O. The van der Waals surface area contributed by atoms with Gasteiger partial charge in [-0.3, -0.25) is 0 Å². The molecule has 0 spiro atoms. The molecule has 0 radical (unpaired) electrons. The van der Waals surface area contributed by atoms with E-state index in [0.717, 1.165) is 67.2 Å². The number of furan rings is 1. The molecule has 1 aliphatic rings. The Morgan fingerprint density at radius 3 is 1.45 bits per heavy atom. The Bertz CT molecular complexity index is 5100. The van der Waals surface area contributed by atoms with Gasteiger partial charge in [-0.2, -0.15) is 0 Å². The van der Waals surface area contributed by atoms with Gasteiger partial charge in [0.25, 0.3) is 0 Å². The van der Waals surface area contributed by atoms with Crippen LogP contribution in [0, 0.1) is 13.8 Å². The predicted octanol–water partition coefficient (Wildman–Crippen LogP) is 23.1. The van der Waals surface area contributed by atoms with Gasteiger partial charge in [-0.05, 0) is 198 Å². The summed E-state index contributed by atoms with van der Waals surface area (Å²) in [6, 6.07) is 103. The van der Waals surface area contributed by atoms with E-state index in [1.54, 1.807) is 0 Å². The first-order valence-electron chi connectivity index (χ1n) is 29.2. The maximum absolute atomic E-state index is 6.57. The summed E-state index contributed by atoms with van der Waals surface area (Å²) in [6.45, 7) is 9.28. The third-order valence-electron chi connectivity index (χ3n) is 18.1. The molecule has 0 saturated heterocycles. The molecule has 14 aromatic carbocycles. The number of anilines is 6. The zero-order valence-corrected chi connectivity index (χ0v) is 47.4. The largest absolute Gasteiger partial charge is 0.455 e. The Morgan fingerprint density at radius 2 is 0.762 bits per heavy atom. The van der Waals surface area contributed by atoms with E-state index < -0.39 is 0 Å². The molecule has 0 unspecified atom stereocenters. The monoisotopic (exact) mass is 1070 g/mol. The Labute approximate surface area is 489 Å². The van der Waals surface area contributed by atoms with Gasteiger partial charge < -0.3 is 14.2 Å². The van der Waals surface area contributed by atoms with Crippen molar-refractivity contribution in [2.45, 2.75) is 33.1 Å². The fourth-order valence-corrected chi connectivity index (χ4v) is 13.9. The third-order valence-corrected chi connectivity index (χ3v) is 18.1. The average molecular weight is 1080 g/mol. The number of hydrogen-bond donors (Lipinski definition) is 0. The highest BCUT2D eigenvalue weighted by Gasteiger charge is 2.37. The number of para-hydroxylation sites is 3. The Balaban J connectivity index is 0.794. The topological polar surface area (TPSA) is 19.6 Å². The fraction of sp³-hybridized carbons (Fsp3) is 0.0617. The maximum atomic E-state index is 6.57. The minimum Gasteiger partial charge on any atom is -0.455 e. The van der Waals surface area contributed by atoms with Gasteiger partial charge in [0.05, 0.1) is 5.69 Å². The van der Waals surface area contributed by atoms with Crippen LogP contribution in [-0.4, -0.2) is 0 Å². The first-order chi connectivity index (χ1) is 41.2. The van der Waals surface area contributed by atoms with Gasteiger partial charge in [0.2, 0.25) is 0 Å². The van der Waals surface area contributed by atoms with Crippen LogP contribution in [-0.2, 0) is 5.41 Å². The van der Waals surface area contributed by atoms with Crippen molar-refractivity contribution in [1.82, 2.24) is 0 Å². The number of benzene rings is 14. The molecular weight excluding hydrogens is 1020 g/mol. The molecule has 0 saturated carbocycles. The van der Waals surface area contributed by atoms with Gasteiger partial charge in [0.15, 0.2) is 0 Å². The van der Waals surface area contributed by atoms with Crippen molar-refractivity contribution < 1.29 is 4.42 Å². The third kappa shape index (κ3) is 7.88. The highest BCUT2D eigenvalue weighted by molar-refractivity contribution is 6.26. The summed E-state index contributed by atoms with van der Waals surface area (Å²) in [5.41, 5.74) is 22.9. The standard InChI is InChI=1S/C81H58N2O/c1-51-46-59(38-43-62(51)63-44-39-60(47-52(63)2)83(57-20-6-5-7-21-57)78-30-16-19-54-18-8-9-22-64(54)78)82(58-36-32-53(33-37-58)55-34-41-70-68-25-11-10-23-66(68)67-24-12-13-26-69(67)75(70)48-55)61-40-45-72-71-42-35-56(49-76(71)81(3,4)77(72)50-61)65-28-17-29-74-73-27-14-15-31-79(73)84-80(65)74/h5-50H,1-4H3. The van der Waals surface area contributed by atoms with Gasteiger partial charge in [0.1, 0.15) is 11.2 Å². The lowest BCUT2D eigenvalue weighted by Gasteiger charge is -2.29. The van der Waals surface area contributed by atoms with E-state index in [4.69, 9.17) is 4.42 Å². The van der Waals surface area contributed by atoms with Crippen molar-refractivity contribution in [2.24, 2.45) is 0 Å². The van der Waals surface area contributed by atoms with Crippen LogP contribution in [0.4, 0.5) is 34.1 Å². The molecule has 0 bridgehead atoms. The van der Waals surface area contributed by atoms with Crippen molar-refractivity contribution >= 4 is 99.2 Å². The van der Waals surface area contributed by atoms with Crippen molar-refractivity contribution in [3.05, 3.63) is 301 Å². The van der Waals surface area contributed by atoms with Crippen molar-refractivity contribution in [3.63, 3.8) is 0 Å². The van der Waals surface area contributed by atoms with Gasteiger partial charge in [0, 0.05) is 55.6 Å². The van der Waals surface area contributed by atoms with Crippen LogP contribution in [0.5, 0.6) is 0 Å². The zero-order chi connectivity index (χ0) is 56.2. The lowest BCUT2D eigenvalue weighted by molar-refractivity contribution is 0.660. The highest BCUT2D eigenvalue weighted by atomic mass is 16.3. The second kappa shape index (κ2) is 19.3. The van der Waals surface area contributed by atoms with Crippen molar-refractivity contribution in [2.75, 3.05) is 9.80 Å². The number of rotatable bonds is 9. The van der Waals surface area contributed by atoms with E-state index >= 15 is 0 Å². The van der Waals surface area contributed by atoms with Crippen molar-refractivity contribution in [3.8, 4) is 44.5 Å². The van der Waals surface area contributed by atoms with E-state index in [1.165, 1.54) is 98.7 Å². The van der Waals surface area contributed by atoms with E-state index in [-0.39, 0.29) is 5.41 Å². The van der Waals surface area contributed by atoms with Crippen LogP contribution in [0.3, 0.4) is 0 Å². The molecule has 0 amide bonds. The van der Waals surface area contributed by atoms with E-state index in [9.17, 15) is 0 Å². The van der Waals surface area contributed by atoms with Gasteiger partial charge in [-0.25, -0.2) is 0 Å². The lowest BCUT2D eigenvalue weighted by Crippen LogP contribution is -2.16. The molecule has 0 aliphatic heterocycles. The molecule has 3 nitrogen and oxygen atoms in total. The highest BCUT2D eigenvalue weighted by Crippen LogP contribution is 2.53. The molecule has 398 valence electrons. The SMILES string of the molecule is Cc1cc(N(c2ccc(-c3ccc4c5ccccc5c5ccccc5c4c3)cc2)c2ccc3c(c2)C(C)(C)c2cc(-c4cccc5c4oc4ccccc45)ccc2-3)ccc1-c1ccc(N(c2ccccc2)c2cccc3ccccc23)cc1C. The lowest BCUT2D eigenvalue weighted by atomic mass is 9.81. The van der Waals surface area contributed by atoms with Crippen LogP contribution in [0.15, 0.2) is 283 Å².